The smallest absolute Gasteiger partial charge is 0.161 e. The van der Waals surface area contributed by atoms with Crippen LogP contribution in [-0.4, -0.2) is 37.7 Å². The molecular weight excluding hydrogens is 406 g/mol. The topological polar surface area (TPSA) is 21.7 Å². The van der Waals surface area contributed by atoms with Gasteiger partial charge in [0.1, 0.15) is 0 Å². The number of ether oxygens (including phenoxy) is 2. The van der Waals surface area contributed by atoms with Gasteiger partial charge in [-0.3, -0.25) is 0 Å². The monoisotopic (exact) mass is 453 g/mol. The summed E-state index contributed by atoms with van der Waals surface area (Å²) in [5, 5.41) is 0. The SMILES string of the molecule is CCCCCCC[C@H](Cc1ccc(OC)c(OCCc2ccccc2)c1)N(CCC)CCC. The van der Waals surface area contributed by atoms with Gasteiger partial charge in [0.2, 0.25) is 0 Å². The predicted molar refractivity (Wildman–Crippen MR) is 142 cm³/mol. The molecule has 1 atom stereocenters. The highest BCUT2D eigenvalue weighted by atomic mass is 16.5. The lowest BCUT2D eigenvalue weighted by Gasteiger charge is -2.32. The molecule has 184 valence electrons. The maximum atomic E-state index is 6.20. The minimum Gasteiger partial charge on any atom is -0.493 e. The Morgan fingerprint density at radius 2 is 1.48 bits per heavy atom. The molecule has 0 N–H and O–H groups in total. The van der Waals surface area contributed by atoms with E-state index in [4.69, 9.17) is 9.47 Å². The maximum absolute atomic E-state index is 6.20. The third-order valence-corrected chi connectivity index (χ3v) is 6.37. The van der Waals surface area contributed by atoms with Gasteiger partial charge in [0.15, 0.2) is 11.5 Å². The first kappa shape index (κ1) is 27.2. The number of hydrogen-bond donors (Lipinski definition) is 0. The molecule has 3 nitrogen and oxygen atoms in total. The molecule has 0 aromatic heterocycles. The Balaban J connectivity index is 2.06. The van der Waals surface area contributed by atoms with Crippen molar-refractivity contribution in [1.29, 1.82) is 0 Å². The van der Waals surface area contributed by atoms with E-state index in [9.17, 15) is 0 Å². The summed E-state index contributed by atoms with van der Waals surface area (Å²) in [6.45, 7) is 9.91. The van der Waals surface area contributed by atoms with E-state index in [-0.39, 0.29) is 0 Å². The number of unbranched alkanes of at least 4 members (excludes halogenated alkanes) is 4. The normalized spacial score (nSPS) is 12.2. The van der Waals surface area contributed by atoms with Crippen LogP contribution >= 0.6 is 0 Å². The molecule has 0 bridgehead atoms. The van der Waals surface area contributed by atoms with Crippen molar-refractivity contribution in [1.82, 2.24) is 4.90 Å². The summed E-state index contributed by atoms with van der Waals surface area (Å²) in [6, 6.07) is 17.6. The highest BCUT2D eigenvalue weighted by molar-refractivity contribution is 5.43. The first-order valence-corrected chi connectivity index (χ1v) is 13.3. The third-order valence-electron chi connectivity index (χ3n) is 6.37. The second-order valence-corrected chi connectivity index (χ2v) is 9.17. The minimum absolute atomic E-state index is 0.595. The minimum atomic E-state index is 0.595. The fourth-order valence-electron chi connectivity index (χ4n) is 4.61. The summed E-state index contributed by atoms with van der Waals surface area (Å²) < 4.78 is 11.8. The van der Waals surface area contributed by atoms with Crippen LogP contribution in [-0.2, 0) is 12.8 Å². The molecule has 0 spiro atoms. The van der Waals surface area contributed by atoms with Crippen molar-refractivity contribution in [2.24, 2.45) is 0 Å². The largest absolute Gasteiger partial charge is 0.493 e. The first-order valence-electron chi connectivity index (χ1n) is 13.3. The van der Waals surface area contributed by atoms with Gasteiger partial charge in [0.05, 0.1) is 13.7 Å². The van der Waals surface area contributed by atoms with E-state index in [1.807, 2.05) is 0 Å². The molecule has 2 aromatic carbocycles. The molecule has 0 radical (unpaired) electrons. The van der Waals surface area contributed by atoms with Gasteiger partial charge >= 0.3 is 0 Å². The lowest BCUT2D eigenvalue weighted by atomic mass is 9.97. The predicted octanol–water partition coefficient (Wildman–Crippen LogP) is 7.71. The first-order chi connectivity index (χ1) is 16.2. The zero-order valence-electron chi connectivity index (χ0n) is 21.7. The maximum Gasteiger partial charge on any atom is 0.161 e. The van der Waals surface area contributed by atoms with Crippen molar-refractivity contribution in [3.8, 4) is 11.5 Å². The standard InChI is InChI=1S/C30H47NO2/c1-5-8-9-10-14-17-28(31(21-6-2)22-7-3)24-27-18-19-29(32-4)30(25-27)33-23-20-26-15-12-11-13-16-26/h11-13,15-16,18-19,25,28H,5-10,14,17,20-24H2,1-4H3/t28-/m1/s1. The molecular formula is C30H47NO2. The summed E-state index contributed by atoms with van der Waals surface area (Å²) in [7, 11) is 1.72. The van der Waals surface area contributed by atoms with Gasteiger partial charge in [-0.1, -0.05) is 89.3 Å². The Morgan fingerprint density at radius 1 is 0.758 bits per heavy atom. The highest BCUT2D eigenvalue weighted by Gasteiger charge is 2.18. The van der Waals surface area contributed by atoms with Crippen LogP contribution in [0.1, 0.15) is 83.3 Å². The number of benzene rings is 2. The number of hydrogen-bond acceptors (Lipinski definition) is 3. The van der Waals surface area contributed by atoms with Crippen LogP contribution in [0.25, 0.3) is 0 Å². The zero-order valence-corrected chi connectivity index (χ0v) is 21.7. The number of methoxy groups -OCH3 is 1. The molecule has 0 aliphatic carbocycles. The molecule has 0 amide bonds. The molecule has 2 aromatic rings. The van der Waals surface area contributed by atoms with Crippen LogP contribution in [0, 0.1) is 0 Å². The van der Waals surface area contributed by atoms with Crippen molar-refractivity contribution in [2.45, 2.75) is 91.0 Å². The van der Waals surface area contributed by atoms with Gasteiger partial charge < -0.3 is 14.4 Å². The van der Waals surface area contributed by atoms with E-state index >= 15 is 0 Å². The van der Waals surface area contributed by atoms with E-state index in [2.05, 4.69) is 74.2 Å². The van der Waals surface area contributed by atoms with Crippen LogP contribution in [0.3, 0.4) is 0 Å². The summed E-state index contributed by atoms with van der Waals surface area (Å²) in [5.41, 5.74) is 2.65. The van der Waals surface area contributed by atoms with Crippen molar-refractivity contribution in [2.75, 3.05) is 26.8 Å². The van der Waals surface area contributed by atoms with Gasteiger partial charge in [-0.15, -0.1) is 0 Å². The highest BCUT2D eigenvalue weighted by Crippen LogP contribution is 2.30. The molecule has 0 aliphatic rings. The summed E-state index contributed by atoms with van der Waals surface area (Å²) >= 11 is 0. The zero-order chi connectivity index (χ0) is 23.7. The molecule has 0 saturated heterocycles. The van der Waals surface area contributed by atoms with Crippen LogP contribution in [0.5, 0.6) is 11.5 Å². The van der Waals surface area contributed by atoms with E-state index < -0.39 is 0 Å². The lowest BCUT2D eigenvalue weighted by Crippen LogP contribution is -2.38. The van der Waals surface area contributed by atoms with E-state index in [1.54, 1.807) is 7.11 Å². The van der Waals surface area contributed by atoms with Gasteiger partial charge in [-0.05, 0) is 62.0 Å². The van der Waals surface area contributed by atoms with Crippen molar-refractivity contribution >= 4 is 0 Å². The third kappa shape index (κ3) is 10.2. The van der Waals surface area contributed by atoms with Gasteiger partial charge in [0.25, 0.3) is 0 Å². The molecule has 0 aliphatic heterocycles. The Kier molecular flexibility index (Phi) is 13.7. The molecule has 33 heavy (non-hydrogen) atoms. The second-order valence-electron chi connectivity index (χ2n) is 9.17. The van der Waals surface area contributed by atoms with Gasteiger partial charge in [0, 0.05) is 12.5 Å². The summed E-state index contributed by atoms with van der Waals surface area (Å²) in [6.07, 6.45) is 12.4. The van der Waals surface area contributed by atoms with Gasteiger partial charge in [-0.2, -0.15) is 0 Å². The Hall–Kier alpha value is -2.00. The fourth-order valence-corrected chi connectivity index (χ4v) is 4.61. The molecule has 0 heterocycles. The quantitative estimate of drug-likeness (QED) is 0.216. The summed E-state index contributed by atoms with van der Waals surface area (Å²) in [5.74, 6) is 1.69. The molecule has 3 heteroatoms. The van der Waals surface area contributed by atoms with Crippen LogP contribution < -0.4 is 9.47 Å². The molecule has 0 fully saturated rings. The molecule has 0 saturated carbocycles. The summed E-state index contributed by atoms with van der Waals surface area (Å²) in [4.78, 5) is 2.72. The second kappa shape index (κ2) is 16.6. The van der Waals surface area contributed by atoms with Crippen molar-refractivity contribution in [3.05, 3.63) is 59.7 Å². The van der Waals surface area contributed by atoms with E-state index in [0.717, 1.165) is 24.3 Å². The van der Waals surface area contributed by atoms with E-state index in [1.165, 1.54) is 75.6 Å². The average Bonchev–Trinajstić information content (AvgIpc) is 2.84. The van der Waals surface area contributed by atoms with Crippen molar-refractivity contribution < 1.29 is 9.47 Å². The van der Waals surface area contributed by atoms with Gasteiger partial charge in [-0.25, -0.2) is 0 Å². The Bertz CT molecular complexity index is 740. The number of rotatable bonds is 18. The van der Waals surface area contributed by atoms with Crippen LogP contribution in [0.4, 0.5) is 0 Å². The van der Waals surface area contributed by atoms with E-state index in [0.29, 0.717) is 12.6 Å². The van der Waals surface area contributed by atoms with Crippen LogP contribution in [0.15, 0.2) is 48.5 Å². The number of nitrogens with zero attached hydrogens (tertiary/aromatic N) is 1. The lowest BCUT2D eigenvalue weighted by molar-refractivity contribution is 0.181. The average molecular weight is 454 g/mol. The molecule has 2 rings (SSSR count). The Labute approximate surface area is 203 Å². The molecule has 0 unspecified atom stereocenters. The Morgan fingerprint density at radius 3 is 2.15 bits per heavy atom. The fraction of sp³-hybridized carbons (Fsp3) is 0.600. The van der Waals surface area contributed by atoms with Crippen molar-refractivity contribution in [3.63, 3.8) is 0 Å². The van der Waals surface area contributed by atoms with Crippen LogP contribution in [0.2, 0.25) is 0 Å².